The summed E-state index contributed by atoms with van der Waals surface area (Å²) in [7, 11) is 0. The zero-order valence-electron chi connectivity index (χ0n) is 8.19. The number of hydrogen-bond donors (Lipinski definition) is 1. The molecule has 0 bridgehead atoms. The van der Waals surface area contributed by atoms with Crippen LogP contribution >= 0.6 is 38.6 Å². The molecule has 0 unspecified atom stereocenters. The maximum atomic E-state index is 5.59. The summed E-state index contributed by atoms with van der Waals surface area (Å²) in [4.78, 5) is 1.45. The molecule has 0 aliphatic heterocycles. The second kappa shape index (κ2) is 3.93. The van der Waals surface area contributed by atoms with Gasteiger partial charge in [0.2, 0.25) is 0 Å². The van der Waals surface area contributed by atoms with Crippen LogP contribution in [0.25, 0.3) is 9.40 Å². The highest BCUT2D eigenvalue weighted by Gasteiger charge is 2.14. The first kappa shape index (κ1) is 10.6. The highest BCUT2D eigenvalue weighted by atomic mass is 79.9. The molecule has 0 aliphatic rings. The number of aryl methyl sites for hydroxylation is 2. The van der Waals surface area contributed by atoms with Crippen LogP contribution < -0.4 is 5.73 Å². The van der Waals surface area contributed by atoms with Crippen LogP contribution in [0.4, 0.5) is 0 Å². The van der Waals surface area contributed by atoms with Gasteiger partial charge >= 0.3 is 0 Å². The minimum absolute atomic E-state index is 0.745. The van der Waals surface area contributed by atoms with Gasteiger partial charge in [-0.2, -0.15) is 0 Å². The van der Waals surface area contributed by atoms with Gasteiger partial charge in [-0.15, -0.1) is 22.7 Å². The van der Waals surface area contributed by atoms with Crippen molar-refractivity contribution in [2.24, 2.45) is 5.73 Å². The van der Waals surface area contributed by atoms with Crippen molar-refractivity contribution < 1.29 is 0 Å². The van der Waals surface area contributed by atoms with Gasteiger partial charge in [0.1, 0.15) is 0 Å². The van der Waals surface area contributed by atoms with Gasteiger partial charge in [0.15, 0.2) is 0 Å². The van der Waals surface area contributed by atoms with E-state index < -0.39 is 0 Å². The molecule has 1 nitrogen and oxygen atoms in total. The molecule has 0 atom stereocenters. The lowest BCUT2D eigenvalue weighted by Gasteiger charge is -1.96. The van der Waals surface area contributed by atoms with Crippen LogP contribution in [0.15, 0.2) is 3.79 Å². The van der Waals surface area contributed by atoms with Crippen molar-refractivity contribution in [2.45, 2.75) is 20.3 Å². The molecule has 0 aromatic carbocycles. The van der Waals surface area contributed by atoms with Crippen molar-refractivity contribution in [1.29, 1.82) is 0 Å². The van der Waals surface area contributed by atoms with Crippen LogP contribution in [-0.4, -0.2) is 6.54 Å². The summed E-state index contributed by atoms with van der Waals surface area (Å²) >= 11 is 7.31. The minimum atomic E-state index is 0.745. The van der Waals surface area contributed by atoms with Crippen LogP contribution in [-0.2, 0) is 6.42 Å². The number of hydrogen-bond acceptors (Lipinski definition) is 3. The second-order valence-electron chi connectivity index (χ2n) is 3.35. The highest BCUT2D eigenvalue weighted by molar-refractivity contribution is 9.11. The van der Waals surface area contributed by atoms with E-state index >= 15 is 0 Å². The summed E-state index contributed by atoms with van der Waals surface area (Å²) in [6, 6.07) is 0. The summed E-state index contributed by atoms with van der Waals surface area (Å²) in [6.07, 6.45) is 1.01. The molecule has 4 heteroatoms. The summed E-state index contributed by atoms with van der Waals surface area (Å²) in [6.45, 7) is 5.12. The van der Waals surface area contributed by atoms with Crippen LogP contribution in [0.5, 0.6) is 0 Å². The normalized spacial score (nSPS) is 11.4. The molecule has 0 fully saturated rings. The number of halogens is 1. The molecule has 2 N–H and O–H groups in total. The van der Waals surface area contributed by atoms with Gasteiger partial charge < -0.3 is 5.73 Å². The third-order valence-corrected chi connectivity index (χ3v) is 6.04. The first-order valence-electron chi connectivity index (χ1n) is 4.52. The Labute approximate surface area is 100 Å². The fourth-order valence-corrected chi connectivity index (χ4v) is 5.32. The molecule has 2 heterocycles. The lowest BCUT2D eigenvalue weighted by molar-refractivity contribution is 0.981. The Hall–Kier alpha value is 0.1000. The van der Waals surface area contributed by atoms with E-state index in [4.69, 9.17) is 5.73 Å². The summed E-state index contributed by atoms with van der Waals surface area (Å²) in [5.41, 5.74) is 8.39. The van der Waals surface area contributed by atoms with E-state index in [0.29, 0.717) is 0 Å². The fraction of sp³-hybridized carbons (Fsp3) is 0.400. The summed E-state index contributed by atoms with van der Waals surface area (Å²) in [5, 5.41) is 1.44. The Morgan fingerprint density at radius 1 is 1.21 bits per heavy atom. The van der Waals surface area contributed by atoms with E-state index in [1.807, 2.05) is 22.7 Å². The topological polar surface area (TPSA) is 26.0 Å². The Morgan fingerprint density at radius 2 is 1.93 bits per heavy atom. The van der Waals surface area contributed by atoms with E-state index in [1.54, 1.807) is 0 Å². The van der Waals surface area contributed by atoms with Gasteiger partial charge in [-0.05, 0) is 53.9 Å². The van der Waals surface area contributed by atoms with Crippen LogP contribution in [0.3, 0.4) is 0 Å². The zero-order chi connectivity index (χ0) is 10.3. The molecule has 2 aromatic rings. The monoisotopic (exact) mass is 289 g/mol. The van der Waals surface area contributed by atoms with E-state index in [1.165, 1.54) is 29.2 Å². The molecular weight excluding hydrogens is 278 g/mol. The average Bonchev–Trinajstić information content (AvgIpc) is 2.56. The molecule has 0 saturated carbocycles. The van der Waals surface area contributed by atoms with Crippen molar-refractivity contribution in [3.8, 4) is 0 Å². The standard InChI is InChI=1S/C10H12BrNS2/c1-5-7(3-4-12)13-10-8(5)6(2)9(11)14-10/h3-4,12H2,1-2H3. The van der Waals surface area contributed by atoms with Crippen molar-refractivity contribution in [2.75, 3.05) is 6.54 Å². The Morgan fingerprint density at radius 3 is 2.50 bits per heavy atom. The zero-order valence-corrected chi connectivity index (χ0v) is 11.4. The third-order valence-electron chi connectivity index (χ3n) is 2.44. The first-order chi connectivity index (χ1) is 6.65. The Bertz CT molecular complexity index is 470. The van der Waals surface area contributed by atoms with Crippen LogP contribution in [0, 0.1) is 13.8 Å². The van der Waals surface area contributed by atoms with Crippen molar-refractivity contribution in [3.63, 3.8) is 0 Å². The van der Waals surface area contributed by atoms with E-state index in [2.05, 4.69) is 29.8 Å². The van der Waals surface area contributed by atoms with Gasteiger partial charge in [0, 0.05) is 10.3 Å². The maximum Gasteiger partial charge on any atom is 0.0885 e. The predicted octanol–water partition coefficient (Wildman–Crippen LogP) is 3.84. The largest absolute Gasteiger partial charge is 0.330 e. The summed E-state index contributed by atoms with van der Waals surface area (Å²) < 4.78 is 2.69. The molecule has 76 valence electrons. The lowest BCUT2D eigenvalue weighted by Crippen LogP contribution is -2.01. The van der Waals surface area contributed by atoms with Gasteiger partial charge in [-0.25, -0.2) is 0 Å². The molecule has 0 spiro atoms. The number of fused-ring (bicyclic) bond motifs is 1. The van der Waals surface area contributed by atoms with Gasteiger partial charge in [0.25, 0.3) is 0 Å². The Balaban J connectivity index is 2.65. The molecule has 2 aromatic heterocycles. The van der Waals surface area contributed by atoms with Gasteiger partial charge in [0.05, 0.1) is 7.80 Å². The number of nitrogens with two attached hydrogens (primary N) is 1. The predicted molar refractivity (Wildman–Crippen MR) is 69.6 cm³/mol. The molecule has 14 heavy (non-hydrogen) atoms. The van der Waals surface area contributed by atoms with Crippen molar-refractivity contribution in [3.05, 3.63) is 19.8 Å². The first-order valence-corrected chi connectivity index (χ1v) is 6.94. The van der Waals surface area contributed by atoms with Crippen molar-refractivity contribution >= 4 is 48.0 Å². The molecule has 0 radical (unpaired) electrons. The molecular formula is C10H12BrNS2. The molecule has 0 aliphatic carbocycles. The lowest BCUT2D eigenvalue weighted by atomic mass is 10.1. The number of thiophene rings is 2. The van der Waals surface area contributed by atoms with Gasteiger partial charge in [-0.3, -0.25) is 0 Å². The summed E-state index contributed by atoms with van der Waals surface area (Å²) in [5.74, 6) is 0. The van der Waals surface area contributed by atoms with Gasteiger partial charge in [-0.1, -0.05) is 0 Å². The highest BCUT2D eigenvalue weighted by Crippen LogP contribution is 2.42. The SMILES string of the molecule is Cc1c(Br)sc2sc(CCN)c(C)c12. The van der Waals surface area contributed by atoms with E-state index in [0.717, 1.165) is 13.0 Å². The average molecular weight is 290 g/mol. The molecule has 0 saturated heterocycles. The van der Waals surface area contributed by atoms with Crippen molar-refractivity contribution in [1.82, 2.24) is 0 Å². The quantitative estimate of drug-likeness (QED) is 0.893. The third kappa shape index (κ3) is 1.54. The fourth-order valence-electron chi connectivity index (χ4n) is 1.66. The molecule has 2 rings (SSSR count). The maximum absolute atomic E-state index is 5.59. The van der Waals surface area contributed by atoms with Crippen LogP contribution in [0.2, 0.25) is 0 Å². The van der Waals surface area contributed by atoms with E-state index in [9.17, 15) is 0 Å². The van der Waals surface area contributed by atoms with Crippen LogP contribution in [0.1, 0.15) is 16.0 Å². The Kier molecular flexibility index (Phi) is 2.98. The smallest absolute Gasteiger partial charge is 0.0885 e. The molecule has 0 amide bonds. The minimum Gasteiger partial charge on any atom is -0.330 e. The number of rotatable bonds is 2. The second-order valence-corrected chi connectivity index (χ2v) is 7.05. The van der Waals surface area contributed by atoms with E-state index in [-0.39, 0.29) is 0 Å².